The molecule has 0 saturated heterocycles. The highest BCUT2D eigenvalue weighted by Crippen LogP contribution is 2.21. The lowest BCUT2D eigenvalue weighted by atomic mass is 10.1. The van der Waals surface area contributed by atoms with E-state index in [1.165, 1.54) is 0 Å². The van der Waals surface area contributed by atoms with Crippen molar-refractivity contribution in [2.75, 3.05) is 18.0 Å². The molecule has 0 fully saturated rings. The third-order valence-electron chi connectivity index (χ3n) is 2.39. The number of aldehydes is 1. The van der Waals surface area contributed by atoms with Gasteiger partial charge in [0.25, 0.3) is 0 Å². The van der Waals surface area contributed by atoms with Crippen LogP contribution in [0.2, 0.25) is 0 Å². The Hall–Kier alpha value is -2.26. The molecule has 0 heterocycles. The summed E-state index contributed by atoms with van der Waals surface area (Å²) in [5.41, 5.74) is 1.78. The summed E-state index contributed by atoms with van der Waals surface area (Å²) in [7, 11) is 0. The van der Waals surface area contributed by atoms with Crippen LogP contribution in [0.1, 0.15) is 29.3 Å². The second kappa shape index (κ2) is 6.35. The SMILES string of the molecule is C#CCN(CCC)c1ccc(C=O)cc1C#N. The van der Waals surface area contributed by atoms with Crippen molar-refractivity contribution in [2.45, 2.75) is 13.3 Å². The van der Waals surface area contributed by atoms with Crippen molar-refractivity contribution in [1.82, 2.24) is 0 Å². The van der Waals surface area contributed by atoms with E-state index in [9.17, 15) is 4.79 Å². The predicted molar refractivity (Wildman–Crippen MR) is 67.9 cm³/mol. The Morgan fingerprint density at radius 3 is 2.82 bits per heavy atom. The molecule has 0 bridgehead atoms. The molecule has 0 amide bonds. The fraction of sp³-hybridized carbons (Fsp3) is 0.286. The number of hydrogen-bond donors (Lipinski definition) is 0. The summed E-state index contributed by atoms with van der Waals surface area (Å²) in [6.45, 7) is 3.30. The molecule has 0 saturated carbocycles. The molecule has 1 aromatic rings. The summed E-state index contributed by atoms with van der Waals surface area (Å²) in [5, 5.41) is 9.08. The van der Waals surface area contributed by atoms with Crippen LogP contribution in [-0.2, 0) is 0 Å². The number of nitriles is 1. The number of anilines is 1. The topological polar surface area (TPSA) is 44.1 Å². The zero-order valence-corrected chi connectivity index (χ0v) is 9.81. The summed E-state index contributed by atoms with van der Waals surface area (Å²) in [4.78, 5) is 12.6. The van der Waals surface area contributed by atoms with E-state index in [1.54, 1.807) is 18.2 Å². The molecule has 0 N–H and O–H groups in total. The first-order valence-electron chi connectivity index (χ1n) is 5.44. The van der Waals surface area contributed by atoms with Crippen molar-refractivity contribution in [2.24, 2.45) is 0 Å². The smallest absolute Gasteiger partial charge is 0.150 e. The van der Waals surface area contributed by atoms with Gasteiger partial charge in [-0.3, -0.25) is 4.79 Å². The minimum Gasteiger partial charge on any atom is -0.359 e. The van der Waals surface area contributed by atoms with Gasteiger partial charge >= 0.3 is 0 Å². The van der Waals surface area contributed by atoms with Gasteiger partial charge in [0.1, 0.15) is 12.4 Å². The van der Waals surface area contributed by atoms with Crippen molar-refractivity contribution in [3.63, 3.8) is 0 Å². The number of carbonyl (C=O) groups is 1. The lowest BCUT2D eigenvalue weighted by Crippen LogP contribution is -2.25. The number of hydrogen-bond acceptors (Lipinski definition) is 3. The highest BCUT2D eigenvalue weighted by atomic mass is 16.1. The molecule has 17 heavy (non-hydrogen) atoms. The fourth-order valence-corrected chi connectivity index (χ4v) is 1.66. The highest BCUT2D eigenvalue weighted by Gasteiger charge is 2.10. The maximum absolute atomic E-state index is 10.7. The molecule has 1 aromatic carbocycles. The standard InChI is InChI=1S/C14H14N2O/c1-3-7-16(8-4-2)14-6-5-12(11-17)9-13(14)10-15/h1,5-6,9,11H,4,7-8H2,2H3. The molecule has 86 valence electrons. The lowest BCUT2D eigenvalue weighted by Gasteiger charge is -2.22. The number of benzene rings is 1. The van der Waals surface area contributed by atoms with Gasteiger partial charge < -0.3 is 4.90 Å². The van der Waals surface area contributed by atoms with Crippen LogP contribution in [0, 0.1) is 23.7 Å². The van der Waals surface area contributed by atoms with E-state index in [4.69, 9.17) is 11.7 Å². The molecule has 3 heteroatoms. The van der Waals surface area contributed by atoms with Gasteiger partial charge in [0, 0.05) is 12.1 Å². The van der Waals surface area contributed by atoms with Crippen molar-refractivity contribution < 1.29 is 4.79 Å². The van der Waals surface area contributed by atoms with E-state index < -0.39 is 0 Å². The van der Waals surface area contributed by atoms with E-state index in [2.05, 4.69) is 18.9 Å². The molecule has 0 unspecified atom stereocenters. The number of terminal acetylenes is 1. The van der Waals surface area contributed by atoms with E-state index in [-0.39, 0.29) is 0 Å². The minimum absolute atomic E-state index is 0.461. The van der Waals surface area contributed by atoms with Gasteiger partial charge in [0.2, 0.25) is 0 Å². The molecule has 1 rings (SSSR count). The summed E-state index contributed by atoms with van der Waals surface area (Å²) >= 11 is 0. The third kappa shape index (κ3) is 3.09. The first-order valence-corrected chi connectivity index (χ1v) is 5.44. The quantitative estimate of drug-likeness (QED) is 0.571. The molecule has 0 spiro atoms. The van der Waals surface area contributed by atoms with E-state index in [1.807, 2.05) is 4.90 Å². The zero-order valence-electron chi connectivity index (χ0n) is 9.81. The van der Waals surface area contributed by atoms with Crippen LogP contribution < -0.4 is 4.90 Å². The Balaban J connectivity index is 3.15. The van der Waals surface area contributed by atoms with Crippen LogP contribution in [0.5, 0.6) is 0 Å². The molecule has 3 nitrogen and oxygen atoms in total. The Morgan fingerprint density at radius 1 is 1.53 bits per heavy atom. The number of carbonyl (C=O) groups excluding carboxylic acids is 1. The van der Waals surface area contributed by atoms with Crippen molar-refractivity contribution in [3.8, 4) is 18.4 Å². The molecule has 0 aromatic heterocycles. The van der Waals surface area contributed by atoms with Gasteiger partial charge in [-0.25, -0.2) is 0 Å². The molecule has 0 radical (unpaired) electrons. The minimum atomic E-state index is 0.461. The van der Waals surface area contributed by atoms with Gasteiger partial charge in [-0.2, -0.15) is 5.26 Å². The van der Waals surface area contributed by atoms with Crippen molar-refractivity contribution >= 4 is 12.0 Å². The maximum atomic E-state index is 10.7. The van der Waals surface area contributed by atoms with Crippen LogP contribution in [0.3, 0.4) is 0 Å². The molecule has 0 aliphatic rings. The monoisotopic (exact) mass is 226 g/mol. The van der Waals surface area contributed by atoms with Gasteiger partial charge in [0.15, 0.2) is 0 Å². The second-order valence-electron chi connectivity index (χ2n) is 3.63. The number of rotatable bonds is 5. The third-order valence-corrected chi connectivity index (χ3v) is 2.39. The first kappa shape index (κ1) is 12.8. The second-order valence-corrected chi connectivity index (χ2v) is 3.63. The van der Waals surface area contributed by atoms with E-state index in [0.29, 0.717) is 17.7 Å². The molecule has 0 aliphatic heterocycles. The van der Waals surface area contributed by atoms with E-state index in [0.717, 1.165) is 24.9 Å². The van der Waals surface area contributed by atoms with Gasteiger partial charge in [-0.1, -0.05) is 12.8 Å². The largest absolute Gasteiger partial charge is 0.359 e. The molecule has 0 aliphatic carbocycles. The van der Waals surface area contributed by atoms with E-state index >= 15 is 0 Å². The average Bonchev–Trinajstić information content (AvgIpc) is 2.37. The highest BCUT2D eigenvalue weighted by molar-refractivity contribution is 5.78. The van der Waals surface area contributed by atoms with Gasteiger partial charge in [-0.05, 0) is 24.6 Å². The summed E-state index contributed by atoms with van der Waals surface area (Å²) in [6, 6.07) is 7.15. The Morgan fingerprint density at radius 2 is 2.29 bits per heavy atom. The first-order chi connectivity index (χ1) is 8.26. The van der Waals surface area contributed by atoms with Crippen molar-refractivity contribution in [1.29, 1.82) is 5.26 Å². The van der Waals surface area contributed by atoms with Crippen LogP contribution >= 0.6 is 0 Å². The van der Waals surface area contributed by atoms with Crippen LogP contribution in [-0.4, -0.2) is 19.4 Å². The lowest BCUT2D eigenvalue weighted by molar-refractivity contribution is 0.112. The molecule has 0 atom stereocenters. The Kier molecular flexibility index (Phi) is 4.78. The predicted octanol–water partition coefficient (Wildman–Crippen LogP) is 2.22. The van der Waals surface area contributed by atoms with Crippen molar-refractivity contribution in [3.05, 3.63) is 29.3 Å². The Bertz CT molecular complexity index is 480. The average molecular weight is 226 g/mol. The summed E-state index contributed by atoms with van der Waals surface area (Å²) in [6.07, 6.45) is 6.99. The summed E-state index contributed by atoms with van der Waals surface area (Å²) in [5.74, 6) is 2.58. The Labute approximate surface area is 102 Å². The van der Waals surface area contributed by atoms with Crippen LogP contribution in [0.25, 0.3) is 0 Å². The fourth-order valence-electron chi connectivity index (χ4n) is 1.66. The van der Waals surface area contributed by atoms with Gasteiger partial charge in [0.05, 0.1) is 17.8 Å². The number of nitrogens with zero attached hydrogens (tertiary/aromatic N) is 2. The maximum Gasteiger partial charge on any atom is 0.150 e. The molecular formula is C14H14N2O. The van der Waals surface area contributed by atoms with Crippen LogP contribution in [0.15, 0.2) is 18.2 Å². The van der Waals surface area contributed by atoms with Crippen LogP contribution in [0.4, 0.5) is 5.69 Å². The summed E-state index contributed by atoms with van der Waals surface area (Å²) < 4.78 is 0. The molecular weight excluding hydrogens is 212 g/mol. The zero-order chi connectivity index (χ0) is 12.7. The van der Waals surface area contributed by atoms with Gasteiger partial charge in [-0.15, -0.1) is 6.42 Å². The normalized spacial score (nSPS) is 9.12.